The number of hydrogen-bond donors (Lipinski definition) is 1. The smallest absolute Gasteiger partial charge is 0.387 e. The third kappa shape index (κ3) is 2.94. The van der Waals surface area contributed by atoms with Crippen molar-refractivity contribution < 1.29 is 23.4 Å². The topological polar surface area (TPSA) is 76.7 Å². The average molecular weight is 398 g/mol. The summed E-state index contributed by atoms with van der Waals surface area (Å²) in [5, 5.41) is 13.5. The third-order valence-corrected chi connectivity index (χ3v) is 4.20. The highest BCUT2D eigenvalue weighted by Crippen LogP contribution is 2.28. The molecule has 9 heteroatoms. The Morgan fingerprint density at radius 3 is 2.79 bits per heavy atom. The van der Waals surface area contributed by atoms with Crippen molar-refractivity contribution in [1.29, 1.82) is 0 Å². The zero-order valence-corrected chi connectivity index (χ0v) is 13.8. The molecule has 3 aromatic rings. The molecule has 0 aliphatic rings. The first-order valence-corrected chi connectivity index (χ1v) is 7.50. The molecule has 6 nitrogen and oxygen atoms in total. The number of aryl methyl sites for hydroxylation is 1. The number of halogens is 3. The van der Waals surface area contributed by atoms with Crippen molar-refractivity contribution in [1.82, 2.24) is 14.6 Å². The van der Waals surface area contributed by atoms with E-state index in [0.29, 0.717) is 27.1 Å². The van der Waals surface area contributed by atoms with Gasteiger partial charge in [-0.2, -0.15) is 13.9 Å². The summed E-state index contributed by atoms with van der Waals surface area (Å²) in [6, 6.07) is 7.23. The Morgan fingerprint density at radius 2 is 2.12 bits per heavy atom. The van der Waals surface area contributed by atoms with Gasteiger partial charge >= 0.3 is 12.6 Å². The molecule has 0 saturated carbocycles. The lowest BCUT2D eigenvalue weighted by molar-refractivity contribution is -0.0498. The zero-order chi connectivity index (χ0) is 17.4. The van der Waals surface area contributed by atoms with Crippen molar-refractivity contribution in [2.24, 2.45) is 0 Å². The van der Waals surface area contributed by atoms with Crippen molar-refractivity contribution in [3.63, 3.8) is 0 Å². The number of carboxylic acid groups (broad SMARTS) is 1. The molecule has 24 heavy (non-hydrogen) atoms. The minimum absolute atomic E-state index is 0.0372. The van der Waals surface area contributed by atoms with Gasteiger partial charge in [0.1, 0.15) is 5.75 Å². The summed E-state index contributed by atoms with van der Waals surface area (Å²) in [6.45, 7) is -1.24. The first kappa shape index (κ1) is 16.3. The number of aromatic carboxylic acids is 1. The maximum atomic E-state index is 12.4. The standard InChI is InChI=1S/C15H10BrF2N3O3/c1-7-12(16)13-19-10(6-11(14(22)23)21(13)20-7)8-3-2-4-9(5-8)24-15(17)18/h2-6,15H,1H3,(H,22,23). The van der Waals surface area contributed by atoms with E-state index >= 15 is 0 Å². The number of hydrogen-bond acceptors (Lipinski definition) is 4. The lowest BCUT2D eigenvalue weighted by Gasteiger charge is -2.08. The van der Waals surface area contributed by atoms with Crippen LogP contribution < -0.4 is 4.74 Å². The van der Waals surface area contributed by atoms with Gasteiger partial charge in [-0.25, -0.2) is 14.3 Å². The number of ether oxygens (including phenoxy) is 1. The number of nitrogens with zero attached hydrogens (tertiary/aromatic N) is 3. The molecule has 0 unspecified atom stereocenters. The molecule has 0 amide bonds. The predicted molar refractivity (Wildman–Crippen MR) is 84.5 cm³/mol. The summed E-state index contributed by atoms with van der Waals surface area (Å²) in [7, 11) is 0. The first-order chi connectivity index (χ1) is 11.4. The van der Waals surface area contributed by atoms with Crippen LogP contribution >= 0.6 is 15.9 Å². The maximum absolute atomic E-state index is 12.4. The van der Waals surface area contributed by atoms with E-state index in [1.165, 1.54) is 28.8 Å². The Hall–Kier alpha value is -2.55. The van der Waals surface area contributed by atoms with E-state index < -0.39 is 12.6 Å². The molecular weight excluding hydrogens is 388 g/mol. The number of rotatable bonds is 4. The SMILES string of the molecule is Cc1nn2c(C(=O)O)cc(-c3cccc(OC(F)F)c3)nc2c1Br. The highest BCUT2D eigenvalue weighted by molar-refractivity contribution is 9.10. The summed E-state index contributed by atoms with van der Waals surface area (Å²) in [4.78, 5) is 15.9. The van der Waals surface area contributed by atoms with Gasteiger partial charge in [-0.15, -0.1) is 0 Å². The van der Waals surface area contributed by atoms with Crippen LogP contribution in [0.2, 0.25) is 0 Å². The number of aromatic nitrogens is 3. The van der Waals surface area contributed by atoms with Gasteiger partial charge in [0.25, 0.3) is 0 Å². The highest BCUT2D eigenvalue weighted by atomic mass is 79.9. The number of carboxylic acids is 1. The van der Waals surface area contributed by atoms with Crippen LogP contribution in [0, 0.1) is 6.92 Å². The molecule has 1 aromatic carbocycles. The van der Waals surface area contributed by atoms with Gasteiger partial charge in [0.05, 0.1) is 15.9 Å². The molecule has 2 heterocycles. The van der Waals surface area contributed by atoms with Crippen molar-refractivity contribution in [3.8, 4) is 17.0 Å². The Labute approximate surface area is 142 Å². The monoisotopic (exact) mass is 397 g/mol. The second-order valence-corrected chi connectivity index (χ2v) is 5.67. The molecule has 0 aliphatic carbocycles. The normalized spacial score (nSPS) is 11.2. The van der Waals surface area contributed by atoms with Gasteiger partial charge in [-0.3, -0.25) is 0 Å². The minimum atomic E-state index is -2.95. The predicted octanol–water partition coefficient (Wildman–Crippen LogP) is 3.77. The zero-order valence-electron chi connectivity index (χ0n) is 12.2. The van der Waals surface area contributed by atoms with Gasteiger partial charge in [-0.1, -0.05) is 12.1 Å². The molecule has 0 spiro atoms. The molecule has 2 aromatic heterocycles. The summed E-state index contributed by atoms with van der Waals surface area (Å²) in [5.74, 6) is -1.22. The van der Waals surface area contributed by atoms with Gasteiger partial charge in [0.2, 0.25) is 0 Å². The molecule has 0 radical (unpaired) electrons. The van der Waals surface area contributed by atoms with E-state index in [4.69, 9.17) is 0 Å². The van der Waals surface area contributed by atoms with Crippen LogP contribution in [0.5, 0.6) is 5.75 Å². The molecule has 0 fully saturated rings. The van der Waals surface area contributed by atoms with Gasteiger partial charge in [0.15, 0.2) is 11.3 Å². The summed E-state index contributed by atoms with van der Waals surface area (Å²) >= 11 is 3.33. The highest BCUT2D eigenvalue weighted by Gasteiger charge is 2.18. The average Bonchev–Trinajstić information content (AvgIpc) is 2.81. The van der Waals surface area contributed by atoms with Gasteiger partial charge in [-0.05, 0) is 41.1 Å². The van der Waals surface area contributed by atoms with Gasteiger partial charge in [0, 0.05) is 5.56 Å². The van der Waals surface area contributed by atoms with Crippen LogP contribution in [0.1, 0.15) is 16.2 Å². The molecule has 0 saturated heterocycles. The van der Waals surface area contributed by atoms with E-state index in [-0.39, 0.29) is 11.4 Å². The summed E-state index contributed by atoms with van der Waals surface area (Å²) in [5.41, 5.74) is 1.56. The van der Waals surface area contributed by atoms with E-state index in [2.05, 4.69) is 30.7 Å². The second-order valence-electron chi connectivity index (χ2n) is 4.87. The van der Waals surface area contributed by atoms with Crippen molar-refractivity contribution in [2.45, 2.75) is 13.5 Å². The van der Waals surface area contributed by atoms with E-state index in [0.717, 1.165) is 0 Å². The van der Waals surface area contributed by atoms with E-state index in [9.17, 15) is 18.7 Å². The Balaban J connectivity index is 2.20. The van der Waals surface area contributed by atoms with Gasteiger partial charge < -0.3 is 9.84 Å². The number of carbonyl (C=O) groups is 1. The number of benzene rings is 1. The molecule has 0 aliphatic heterocycles. The van der Waals surface area contributed by atoms with Crippen LogP contribution in [0.15, 0.2) is 34.8 Å². The molecule has 124 valence electrons. The molecule has 1 N–H and O–H groups in total. The lowest BCUT2D eigenvalue weighted by Crippen LogP contribution is -2.08. The number of fused-ring (bicyclic) bond motifs is 1. The summed E-state index contributed by atoms with van der Waals surface area (Å²) < 4.78 is 30.9. The van der Waals surface area contributed by atoms with E-state index in [1.54, 1.807) is 13.0 Å². The van der Waals surface area contributed by atoms with Crippen molar-refractivity contribution >= 4 is 27.5 Å². The van der Waals surface area contributed by atoms with Crippen LogP contribution in [0.4, 0.5) is 8.78 Å². The van der Waals surface area contributed by atoms with Crippen LogP contribution in [-0.4, -0.2) is 32.3 Å². The van der Waals surface area contributed by atoms with Crippen molar-refractivity contribution in [3.05, 3.63) is 46.2 Å². The fraction of sp³-hybridized carbons (Fsp3) is 0.133. The minimum Gasteiger partial charge on any atom is -0.477 e. The Morgan fingerprint density at radius 1 is 1.38 bits per heavy atom. The van der Waals surface area contributed by atoms with Crippen LogP contribution in [0.25, 0.3) is 16.9 Å². The molecule has 0 bridgehead atoms. The lowest BCUT2D eigenvalue weighted by atomic mass is 10.1. The third-order valence-electron chi connectivity index (χ3n) is 3.27. The second kappa shape index (κ2) is 6.16. The van der Waals surface area contributed by atoms with Crippen LogP contribution in [-0.2, 0) is 0 Å². The fourth-order valence-corrected chi connectivity index (χ4v) is 2.57. The van der Waals surface area contributed by atoms with Crippen LogP contribution in [0.3, 0.4) is 0 Å². The Bertz CT molecular complexity index is 943. The number of alkyl halides is 2. The molecule has 0 atom stereocenters. The van der Waals surface area contributed by atoms with Crippen molar-refractivity contribution in [2.75, 3.05) is 0 Å². The molecular formula is C15H10BrF2N3O3. The fourth-order valence-electron chi connectivity index (χ4n) is 2.23. The van der Waals surface area contributed by atoms with E-state index in [1.807, 2.05) is 0 Å². The largest absolute Gasteiger partial charge is 0.477 e. The Kier molecular flexibility index (Phi) is 4.18. The maximum Gasteiger partial charge on any atom is 0.387 e. The first-order valence-electron chi connectivity index (χ1n) is 6.71. The molecule has 3 rings (SSSR count). The quantitative estimate of drug-likeness (QED) is 0.724. The summed E-state index contributed by atoms with van der Waals surface area (Å²) in [6.07, 6.45) is 0.